The van der Waals surface area contributed by atoms with Gasteiger partial charge in [0.2, 0.25) is 0 Å². The van der Waals surface area contributed by atoms with Crippen molar-refractivity contribution in [3.05, 3.63) is 72.3 Å². The standard InChI is InChI=1S/C18H13F2NO2/c19-14-6-8-17(16(20)10-14)21-18(22)11-23-15-7-5-12-3-1-2-4-13(12)9-15/h1-10H,11H2,(H,21,22). The average Bonchev–Trinajstić information content (AvgIpc) is 2.55. The molecule has 0 unspecified atom stereocenters. The zero-order valence-electron chi connectivity index (χ0n) is 12.1. The highest BCUT2D eigenvalue weighted by Crippen LogP contribution is 2.20. The molecule has 0 spiro atoms. The number of hydrogen-bond donors (Lipinski definition) is 1. The number of benzene rings is 3. The predicted molar refractivity (Wildman–Crippen MR) is 84.4 cm³/mol. The Morgan fingerprint density at radius 2 is 1.74 bits per heavy atom. The minimum Gasteiger partial charge on any atom is -0.484 e. The van der Waals surface area contributed by atoms with E-state index in [4.69, 9.17) is 4.74 Å². The van der Waals surface area contributed by atoms with Crippen LogP contribution < -0.4 is 10.1 Å². The number of amides is 1. The summed E-state index contributed by atoms with van der Waals surface area (Å²) in [6.07, 6.45) is 0. The van der Waals surface area contributed by atoms with Gasteiger partial charge in [-0.15, -0.1) is 0 Å². The maximum Gasteiger partial charge on any atom is 0.262 e. The van der Waals surface area contributed by atoms with Crippen molar-refractivity contribution in [2.75, 3.05) is 11.9 Å². The summed E-state index contributed by atoms with van der Waals surface area (Å²) >= 11 is 0. The molecule has 0 radical (unpaired) electrons. The molecule has 0 aromatic heterocycles. The molecule has 0 fully saturated rings. The van der Waals surface area contributed by atoms with Gasteiger partial charge in [-0.05, 0) is 35.0 Å². The summed E-state index contributed by atoms with van der Waals surface area (Å²) in [6, 6.07) is 16.2. The first kappa shape index (κ1) is 15.0. The number of nitrogens with one attached hydrogen (secondary N) is 1. The van der Waals surface area contributed by atoms with Gasteiger partial charge in [0.25, 0.3) is 5.91 Å². The van der Waals surface area contributed by atoms with Gasteiger partial charge in [0.15, 0.2) is 6.61 Å². The van der Waals surface area contributed by atoms with E-state index in [1.165, 1.54) is 6.07 Å². The van der Waals surface area contributed by atoms with Gasteiger partial charge in [-0.3, -0.25) is 4.79 Å². The van der Waals surface area contributed by atoms with Crippen LogP contribution in [0.1, 0.15) is 0 Å². The molecule has 0 bridgehead atoms. The Labute approximate surface area is 131 Å². The van der Waals surface area contributed by atoms with Crippen molar-refractivity contribution in [2.24, 2.45) is 0 Å². The normalized spacial score (nSPS) is 10.5. The van der Waals surface area contributed by atoms with Gasteiger partial charge in [-0.2, -0.15) is 0 Å². The van der Waals surface area contributed by atoms with Gasteiger partial charge in [-0.25, -0.2) is 8.78 Å². The van der Waals surface area contributed by atoms with Crippen LogP contribution in [0.15, 0.2) is 60.7 Å². The van der Waals surface area contributed by atoms with E-state index < -0.39 is 17.5 Å². The lowest BCUT2D eigenvalue weighted by molar-refractivity contribution is -0.118. The van der Waals surface area contributed by atoms with Crippen molar-refractivity contribution in [1.29, 1.82) is 0 Å². The molecule has 0 heterocycles. The molecule has 0 aliphatic rings. The highest BCUT2D eigenvalue weighted by molar-refractivity contribution is 5.92. The molecule has 3 aromatic carbocycles. The summed E-state index contributed by atoms with van der Waals surface area (Å²) in [7, 11) is 0. The molecular formula is C18H13F2NO2. The fourth-order valence-corrected chi connectivity index (χ4v) is 2.18. The quantitative estimate of drug-likeness (QED) is 0.786. The van der Waals surface area contributed by atoms with E-state index in [2.05, 4.69) is 5.32 Å². The first-order valence-corrected chi connectivity index (χ1v) is 6.98. The maximum atomic E-state index is 13.5. The van der Waals surface area contributed by atoms with Gasteiger partial charge < -0.3 is 10.1 Å². The Balaban J connectivity index is 1.63. The third kappa shape index (κ3) is 3.63. The molecule has 0 aliphatic heterocycles. The lowest BCUT2D eigenvalue weighted by Gasteiger charge is -2.09. The van der Waals surface area contributed by atoms with Crippen molar-refractivity contribution in [3.63, 3.8) is 0 Å². The first-order chi connectivity index (χ1) is 11.1. The summed E-state index contributed by atoms with van der Waals surface area (Å²) in [5.74, 6) is -1.51. The second-order valence-electron chi connectivity index (χ2n) is 4.97. The average molecular weight is 313 g/mol. The minimum absolute atomic E-state index is 0.0847. The van der Waals surface area contributed by atoms with E-state index in [1.807, 2.05) is 36.4 Å². The molecule has 5 heteroatoms. The van der Waals surface area contributed by atoms with Crippen molar-refractivity contribution < 1.29 is 18.3 Å². The van der Waals surface area contributed by atoms with Crippen LogP contribution in [-0.2, 0) is 4.79 Å². The van der Waals surface area contributed by atoms with Crippen molar-refractivity contribution in [3.8, 4) is 5.75 Å². The third-order valence-electron chi connectivity index (χ3n) is 3.30. The van der Waals surface area contributed by atoms with Crippen molar-refractivity contribution >= 4 is 22.4 Å². The van der Waals surface area contributed by atoms with Crippen LogP contribution in [0.25, 0.3) is 10.8 Å². The van der Waals surface area contributed by atoms with Gasteiger partial charge in [-0.1, -0.05) is 30.3 Å². The van der Waals surface area contributed by atoms with Gasteiger partial charge in [0, 0.05) is 6.07 Å². The number of carbonyl (C=O) groups is 1. The zero-order chi connectivity index (χ0) is 16.2. The molecule has 3 nitrogen and oxygen atoms in total. The van der Waals surface area contributed by atoms with Crippen LogP contribution in [0, 0.1) is 11.6 Å². The van der Waals surface area contributed by atoms with Crippen molar-refractivity contribution in [2.45, 2.75) is 0 Å². The summed E-state index contributed by atoms with van der Waals surface area (Å²) < 4.78 is 31.7. The number of halogens is 2. The lowest BCUT2D eigenvalue weighted by atomic mass is 10.1. The molecular weight excluding hydrogens is 300 g/mol. The predicted octanol–water partition coefficient (Wildman–Crippen LogP) is 4.14. The molecule has 0 atom stereocenters. The minimum atomic E-state index is -0.830. The third-order valence-corrected chi connectivity index (χ3v) is 3.30. The number of rotatable bonds is 4. The highest BCUT2D eigenvalue weighted by atomic mass is 19.1. The van der Waals surface area contributed by atoms with Gasteiger partial charge >= 0.3 is 0 Å². The van der Waals surface area contributed by atoms with Crippen LogP contribution in [0.2, 0.25) is 0 Å². The zero-order valence-corrected chi connectivity index (χ0v) is 12.1. The van der Waals surface area contributed by atoms with Gasteiger partial charge in [0.1, 0.15) is 17.4 Å². The number of fused-ring (bicyclic) bond motifs is 1. The van der Waals surface area contributed by atoms with Gasteiger partial charge in [0.05, 0.1) is 5.69 Å². The van der Waals surface area contributed by atoms with Crippen LogP contribution in [-0.4, -0.2) is 12.5 Å². The van der Waals surface area contributed by atoms with E-state index in [0.717, 1.165) is 16.8 Å². The first-order valence-electron chi connectivity index (χ1n) is 6.98. The highest BCUT2D eigenvalue weighted by Gasteiger charge is 2.09. The summed E-state index contributed by atoms with van der Waals surface area (Å²) in [5, 5.41) is 4.40. The second-order valence-corrected chi connectivity index (χ2v) is 4.97. The summed E-state index contributed by atoms with van der Waals surface area (Å²) in [6.45, 7) is -0.269. The summed E-state index contributed by atoms with van der Waals surface area (Å²) in [5.41, 5.74) is -0.0847. The van der Waals surface area contributed by atoms with E-state index in [1.54, 1.807) is 6.07 Å². The molecule has 116 valence electrons. The SMILES string of the molecule is O=C(COc1ccc2ccccc2c1)Nc1ccc(F)cc1F. The molecule has 23 heavy (non-hydrogen) atoms. The molecule has 1 amide bonds. The molecule has 3 rings (SSSR count). The van der Waals surface area contributed by atoms with Crippen molar-refractivity contribution in [1.82, 2.24) is 0 Å². The summed E-state index contributed by atoms with van der Waals surface area (Å²) in [4.78, 5) is 11.8. The van der Waals surface area contributed by atoms with E-state index >= 15 is 0 Å². The Hall–Kier alpha value is -2.95. The number of carbonyl (C=O) groups excluding carboxylic acids is 1. The molecule has 3 aromatic rings. The molecule has 0 aliphatic carbocycles. The molecule has 0 saturated heterocycles. The fourth-order valence-electron chi connectivity index (χ4n) is 2.18. The monoisotopic (exact) mass is 313 g/mol. The van der Waals surface area contributed by atoms with Crippen LogP contribution >= 0.6 is 0 Å². The number of anilines is 1. The van der Waals surface area contributed by atoms with E-state index in [-0.39, 0.29) is 12.3 Å². The lowest BCUT2D eigenvalue weighted by Crippen LogP contribution is -2.20. The Morgan fingerprint density at radius 3 is 2.52 bits per heavy atom. The molecule has 0 saturated carbocycles. The number of ether oxygens (including phenoxy) is 1. The maximum absolute atomic E-state index is 13.5. The Morgan fingerprint density at radius 1 is 0.957 bits per heavy atom. The van der Waals surface area contributed by atoms with Crippen LogP contribution in [0.3, 0.4) is 0 Å². The largest absolute Gasteiger partial charge is 0.484 e. The number of hydrogen-bond acceptors (Lipinski definition) is 2. The molecule has 1 N–H and O–H groups in total. The van der Waals surface area contributed by atoms with Crippen LogP contribution in [0.5, 0.6) is 5.75 Å². The topological polar surface area (TPSA) is 38.3 Å². The smallest absolute Gasteiger partial charge is 0.262 e. The Bertz CT molecular complexity index is 865. The Kier molecular flexibility index (Phi) is 4.19. The van der Waals surface area contributed by atoms with Crippen LogP contribution in [0.4, 0.5) is 14.5 Å². The fraction of sp³-hybridized carbons (Fsp3) is 0.0556. The van der Waals surface area contributed by atoms with E-state index in [0.29, 0.717) is 11.8 Å². The second kappa shape index (κ2) is 6.44. The van der Waals surface area contributed by atoms with E-state index in [9.17, 15) is 13.6 Å².